The second-order valence-electron chi connectivity index (χ2n) is 6.54. The largest absolute Gasteiger partial charge is 0.462 e. The van der Waals surface area contributed by atoms with Gasteiger partial charge in [-0.3, -0.25) is 14.5 Å². The van der Waals surface area contributed by atoms with Crippen molar-refractivity contribution < 1.29 is 23.9 Å². The zero-order valence-corrected chi connectivity index (χ0v) is 16.7. The molecule has 1 amide bonds. The van der Waals surface area contributed by atoms with Crippen molar-refractivity contribution >= 4 is 34.0 Å². The quantitative estimate of drug-likeness (QED) is 0.601. The third-order valence-corrected chi connectivity index (χ3v) is 5.37. The molecule has 1 aliphatic heterocycles. The molecule has 1 fully saturated rings. The molecule has 0 aliphatic carbocycles. The van der Waals surface area contributed by atoms with Crippen LogP contribution in [0.1, 0.15) is 53.3 Å². The van der Waals surface area contributed by atoms with Crippen LogP contribution in [0.5, 0.6) is 0 Å². The second-order valence-corrected chi connectivity index (χ2v) is 7.56. The number of Topliss-reactive ketones (excluding diaryl/α,β-unsaturated/α-hetero) is 1. The highest BCUT2D eigenvalue weighted by Gasteiger charge is 2.27. The van der Waals surface area contributed by atoms with Gasteiger partial charge in [-0.2, -0.15) is 0 Å². The lowest BCUT2D eigenvalue weighted by atomic mass is 10.1. The van der Waals surface area contributed by atoms with Gasteiger partial charge in [-0.1, -0.05) is 0 Å². The first-order valence-corrected chi connectivity index (χ1v) is 9.53. The Hall–Kier alpha value is -1.77. The number of nitrogens with zero attached hydrogens (tertiary/aromatic N) is 1. The van der Waals surface area contributed by atoms with Gasteiger partial charge in [-0.15, -0.1) is 11.3 Å². The van der Waals surface area contributed by atoms with E-state index in [0.717, 1.165) is 11.3 Å². The number of carbonyl (C=O) groups excluding carboxylic acids is 3. The normalized spacial score (nSPS) is 20.7. The average molecular weight is 382 g/mol. The van der Waals surface area contributed by atoms with E-state index in [0.29, 0.717) is 28.5 Å². The van der Waals surface area contributed by atoms with Crippen LogP contribution in [0.4, 0.5) is 5.00 Å². The van der Waals surface area contributed by atoms with Crippen LogP contribution in [0, 0.1) is 6.92 Å². The Morgan fingerprint density at radius 1 is 1.27 bits per heavy atom. The maximum absolute atomic E-state index is 12.5. The Kier molecular flexibility index (Phi) is 6.91. The molecule has 0 radical (unpaired) electrons. The summed E-state index contributed by atoms with van der Waals surface area (Å²) in [6.07, 6.45) is 0.130. The highest BCUT2D eigenvalue weighted by atomic mass is 32.1. The van der Waals surface area contributed by atoms with Gasteiger partial charge in [0.1, 0.15) is 5.00 Å². The first-order valence-electron chi connectivity index (χ1n) is 8.72. The van der Waals surface area contributed by atoms with Crippen molar-refractivity contribution in [3.05, 3.63) is 16.0 Å². The lowest BCUT2D eigenvalue weighted by molar-refractivity contribution is -0.121. The maximum Gasteiger partial charge on any atom is 0.341 e. The molecule has 1 saturated heterocycles. The van der Waals surface area contributed by atoms with E-state index in [9.17, 15) is 14.4 Å². The molecule has 2 rings (SSSR count). The number of morpholine rings is 1. The summed E-state index contributed by atoms with van der Waals surface area (Å²) in [7, 11) is 0. The van der Waals surface area contributed by atoms with Crippen molar-refractivity contribution in [1.82, 2.24) is 4.90 Å². The summed E-state index contributed by atoms with van der Waals surface area (Å²) in [5.74, 6) is -0.903. The number of amides is 1. The lowest BCUT2D eigenvalue weighted by Crippen LogP contribution is -2.48. The minimum atomic E-state index is -0.530. The molecule has 0 unspecified atom stereocenters. The van der Waals surface area contributed by atoms with Crippen molar-refractivity contribution in [2.45, 2.75) is 46.8 Å². The van der Waals surface area contributed by atoms with Crippen LogP contribution in [-0.2, 0) is 14.3 Å². The smallest absolute Gasteiger partial charge is 0.341 e. The van der Waals surface area contributed by atoms with E-state index < -0.39 is 5.97 Å². The number of anilines is 1. The highest BCUT2D eigenvalue weighted by molar-refractivity contribution is 7.18. The monoisotopic (exact) mass is 382 g/mol. The molecule has 8 heteroatoms. The number of nitrogens with one attached hydrogen (secondary N) is 1. The van der Waals surface area contributed by atoms with Gasteiger partial charge >= 0.3 is 5.97 Å². The summed E-state index contributed by atoms with van der Waals surface area (Å²) in [5.41, 5.74) is 0.809. The second kappa shape index (κ2) is 8.75. The van der Waals surface area contributed by atoms with Crippen LogP contribution in [-0.4, -0.2) is 61.0 Å². The fraction of sp³-hybridized carbons (Fsp3) is 0.611. The van der Waals surface area contributed by atoms with Crippen LogP contribution >= 0.6 is 11.3 Å². The van der Waals surface area contributed by atoms with Crippen molar-refractivity contribution in [2.75, 3.05) is 31.6 Å². The van der Waals surface area contributed by atoms with E-state index in [4.69, 9.17) is 9.47 Å². The Balaban J connectivity index is 2.16. The Labute approximate surface area is 157 Å². The third kappa shape index (κ3) is 4.90. The molecule has 1 aromatic heterocycles. The Bertz CT molecular complexity index is 690. The molecule has 0 aromatic carbocycles. The number of hydrogen-bond acceptors (Lipinski definition) is 7. The Morgan fingerprint density at radius 2 is 1.88 bits per heavy atom. The number of carbonyl (C=O) groups is 3. The summed E-state index contributed by atoms with van der Waals surface area (Å²) in [6.45, 7) is 10.6. The van der Waals surface area contributed by atoms with Crippen molar-refractivity contribution in [1.29, 1.82) is 0 Å². The zero-order chi connectivity index (χ0) is 19.4. The van der Waals surface area contributed by atoms with Crippen LogP contribution in [0.2, 0.25) is 0 Å². The Morgan fingerprint density at radius 3 is 2.42 bits per heavy atom. The molecule has 2 atom stereocenters. The number of rotatable bonds is 6. The molecule has 1 aromatic rings. The summed E-state index contributed by atoms with van der Waals surface area (Å²) in [6, 6.07) is 0. The van der Waals surface area contributed by atoms with Gasteiger partial charge in [-0.25, -0.2) is 4.79 Å². The molecule has 26 heavy (non-hydrogen) atoms. The summed E-state index contributed by atoms with van der Waals surface area (Å²) in [5, 5.41) is 3.15. The van der Waals surface area contributed by atoms with Gasteiger partial charge in [0.05, 0.1) is 35.8 Å². The van der Waals surface area contributed by atoms with E-state index in [2.05, 4.69) is 5.32 Å². The predicted molar refractivity (Wildman–Crippen MR) is 100 cm³/mol. The van der Waals surface area contributed by atoms with Gasteiger partial charge in [0.25, 0.3) is 0 Å². The minimum Gasteiger partial charge on any atom is -0.462 e. The minimum absolute atomic E-state index is 0.0648. The molecule has 0 bridgehead atoms. The van der Waals surface area contributed by atoms with Crippen molar-refractivity contribution in [2.24, 2.45) is 0 Å². The van der Waals surface area contributed by atoms with Crippen LogP contribution in [0.25, 0.3) is 0 Å². The molecule has 144 valence electrons. The molecular weight excluding hydrogens is 356 g/mol. The predicted octanol–water partition coefficient (Wildman–Crippen LogP) is 2.48. The molecule has 2 heterocycles. The van der Waals surface area contributed by atoms with E-state index >= 15 is 0 Å². The topological polar surface area (TPSA) is 84.9 Å². The first kappa shape index (κ1) is 20.5. The summed E-state index contributed by atoms with van der Waals surface area (Å²) >= 11 is 1.11. The first-order chi connectivity index (χ1) is 12.2. The number of hydrogen-bond donors (Lipinski definition) is 1. The van der Waals surface area contributed by atoms with E-state index in [1.54, 1.807) is 13.8 Å². The average Bonchev–Trinajstić information content (AvgIpc) is 2.82. The zero-order valence-electron chi connectivity index (χ0n) is 15.9. The van der Waals surface area contributed by atoms with E-state index in [1.807, 2.05) is 18.7 Å². The number of ketones is 1. The third-order valence-electron chi connectivity index (χ3n) is 4.06. The number of ether oxygens (including phenoxy) is 2. The molecule has 1 aliphatic rings. The highest BCUT2D eigenvalue weighted by Crippen LogP contribution is 2.34. The molecule has 0 saturated carbocycles. The molecular formula is C18H26N2O5S. The fourth-order valence-electron chi connectivity index (χ4n) is 3.17. The van der Waals surface area contributed by atoms with Gasteiger partial charge in [-0.05, 0) is 40.2 Å². The van der Waals surface area contributed by atoms with Crippen LogP contribution in [0.3, 0.4) is 0 Å². The van der Waals surface area contributed by atoms with Crippen LogP contribution in [0.15, 0.2) is 0 Å². The SMILES string of the molecule is CCOC(=O)c1c(NC(=O)CN2C[C@@H](C)O[C@H](C)C2)sc(C(C)=O)c1C. The van der Waals surface area contributed by atoms with Crippen molar-refractivity contribution in [3.8, 4) is 0 Å². The van der Waals surface area contributed by atoms with Gasteiger partial charge in [0, 0.05) is 13.1 Å². The van der Waals surface area contributed by atoms with Crippen molar-refractivity contribution in [3.63, 3.8) is 0 Å². The number of esters is 1. The molecule has 0 spiro atoms. The number of thiophene rings is 1. The fourth-order valence-corrected chi connectivity index (χ4v) is 4.28. The molecule has 7 nitrogen and oxygen atoms in total. The van der Waals surface area contributed by atoms with Gasteiger partial charge in [0.2, 0.25) is 5.91 Å². The van der Waals surface area contributed by atoms with Gasteiger partial charge < -0.3 is 14.8 Å². The standard InChI is InChI=1S/C18H26N2O5S/c1-6-24-18(23)15-12(4)16(13(5)21)26-17(15)19-14(22)9-20-7-10(2)25-11(3)8-20/h10-11H,6-9H2,1-5H3,(H,19,22)/t10-,11-/m1/s1. The van der Waals surface area contributed by atoms with Gasteiger partial charge in [0.15, 0.2) is 5.78 Å². The molecule has 1 N–H and O–H groups in total. The maximum atomic E-state index is 12.5. The van der Waals surface area contributed by atoms with E-state index in [1.165, 1.54) is 6.92 Å². The van der Waals surface area contributed by atoms with Crippen LogP contribution < -0.4 is 5.32 Å². The lowest BCUT2D eigenvalue weighted by Gasteiger charge is -2.34. The van der Waals surface area contributed by atoms with E-state index in [-0.39, 0.29) is 42.6 Å². The summed E-state index contributed by atoms with van der Waals surface area (Å²) < 4.78 is 10.7. The summed E-state index contributed by atoms with van der Waals surface area (Å²) in [4.78, 5) is 39.1.